The molecule has 1 aliphatic heterocycles. The largest absolute Gasteiger partial charge is 0.494 e. The number of amides is 1. The van der Waals surface area contributed by atoms with E-state index in [1.807, 2.05) is 25.1 Å². The lowest BCUT2D eigenvalue weighted by Crippen LogP contribution is -2.40. The van der Waals surface area contributed by atoms with Crippen LogP contribution in [0.4, 0.5) is 0 Å². The molecule has 0 unspecified atom stereocenters. The van der Waals surface area contributed by atoms with Crippen molar-refractivity contribution < 1.29 is 27.4 Å². The number of carbonyl (C=O) groups excluding carboxylic acids is 1. The summed E-state index contributed by atoms with van der Waals surface area (Å²) >= 11 is 0. The van der Waals surface area contributed by atoms with E-state index >= 15 is 0 Å². The molecule has 168 valence electrons. The molecule has 0 N–H and O–H groups in total. The predicted octanol–water partition coefficient (Wildman–Crippen LogP) is 3.32. The number of ether oxygens (including phenoxy) is 3. The summed E-state index contributed by atoms with van der Waals surface area (Å²) in [7, 11) is -0.0441. The first kappa shape index (κ1) is 22.9. The molecule has 1 heterocycles. The van der Waals surface area contributed by atoms with E-state index in [1.165, 1.54) is 0 Å². The van der Waals surface area contributed by atoms with Crippen LogP contribution in [0.3, 0.4) is 0 Å². The van der Waals surface area contributed by atoms with Crippen molar-refractivity contribution in [3.8, 4) is 17.2 Å². The number of benzene rings is 2. The lowest BCUT2D eigenvalue weighted by molar-refractivity contribution is 0.0680. The van der Waals surface area contributed by atoms with Crippen molar-refractivity contribution in [3.63, 3.8) is 0 Å². The van der Waals surface area contributed by atoms with Crippen molar-refractivity contribution in [2.45, 2.75) is 32.4 Å². The molecular formula is C23H29NO6S. The topological polar surface area (TPSA) is 82.1 Å². The molecule has 1 saturated heterocycles. The third-order valence-corrected chi connectivity index (χ3v) is 7.02. The summed E-state index contributed by atoms with van der Waals surface area (Å²) in [5.74, 6) is 1.61. The van der Waals surface area contributed by atoms with Crippen LogP contribution in [0.2, 0.25) is 0 Å². The number of hydrogen-bond donors (Lipinski definition) is 0. The highest BCUT2D eigenvalue weighted by Gasteiger charge is 2.35. The molecule has 2 aromatic carbocycles. The molecule has 0 saturated carbocycles. The van der Waals surface area contributed by atoms with Crippen LogP contribution in [0.5, 0.6) is 17.2 Å². The van der Waals surface area contributed by atoms with Crippen LogP contribution in [-0.4, -0.2) is 57.6 Å². The number of carbonyl (C=O) groups is 1. The third-order valence-electron chi connectivity index (χ3n) is 5.26. The molecule has 0 bridgehead atoms. The standard InChI is InChI=1S/C23H29NO6S/c1-4-11-30-20-7-5-6-18(14-20)23(25)24(19-10-12-31(26,27)16-19)15-17-8-9-21(28-2)22(13-17)29-3/h5-9,13-14,19H,4,10-12,15-16H2,1-3H3/t19-/m0/s1. The molecule has 1 aliphatic rings. The van der Waals surface area contributed by atoms with Crippen molar-refractivity contribution >= 4 is 15.7 Å². The van der Waals surface area contributed by atoms with Crippen molar-refractivity contribution in [3.05, 3.63) is 53.6 Å². The van der Waals surface area contributed by atoms with Crippen LogP contribution in [0.25, 0.3) is 0 Å². The normalized spacial score (nSPS) is 17.2. The fraction of sp³-hybridized carbons (Fsp3) is 0.435. The van der Waals surface area contributed by atoms with Gasteiger partial charge in [0.15, 0.2) is 21.3 Å². The van der Waals surface area contributed by atoms with Gasteiger partial charge in [0.2, 0.25) is 0 Å². The summed E-state index contributed by atoms with van der Waals surface area (Å²) in [4.78, 5) is 15.1. The molecule has 0 aromatic heterocycles. The van der Waals surface area contributed by atoms with Crippen LogP contribution in [-0.2, 0) is 16.4 Å². The first-order chi connectivity index (χ1) is 14.9. The van der Waals surface area contributed by atoms with Crippen LogP contribution < -0.4 is 14.2 Å². The smallest absolute Gasteiger partial charge is 0.254 e. The number of hydrogen-bond acceptors (Lipinski definition) is 6. The second kappa shape index (κ2) is 10.0. The first-order valence-electron chi connectivity index (χ1n) is 10.3. The monoisotopic (exact) mass is 447 g/mol. The highest BCUT2D eigenvalue weighted by molar-refractivity contribution is 7.91. The molecular weight excluding hydrogens is 418 g/mol. The fourth-order valence-corrected chi connectivity index (χ4v) is 5.40. The van der Waals surface area contributed by atoms with Crippen molar-refractivity contribution in [2.24, 2.45) is 0 Å². The molecule has 7 nitrogen and oxygen atoms in total. The van der Waals surface area contributed by atoms with E-state index in [2.05, 4.69) is 0 Å². The molecule has 31 heavy (non-hydrogen) atoms. The van der Waals surface area contributed by atoms with Crippen molar-refractivity contribution in [1.82, 2.24) is 4.90 Å². The Kier molecular flexibility index (Phi) is 7.43. The predicted molar refractivity (Wildman–Crippen MR) is 119 cm³/mol. The first-order valence-corrected chi connectivity index (χ1v) is 12.1. The molecule has 3 rings (SSSR count). The maximum Gasteiger partial charge on any atom is 0.254 e. The van der Waals surface area contributed by atoms with Crippen molar-refractivity contribution in [2.75, 3.05) is 32.3 Å². The van der Waals surface area contributed by atoms with Crippen LogP contribution in [0, 0.1) is 0 Å². The summed E-state index contributed by atoms with van der Waals surface area (Å²) < 4.78 is 40.6. The minimum absolute atomic E-state index is 0.0297. The second-order valence-corrected chi connectivity index (χ2v) is 9.78. The van der Waals surface area contributed by atoms with Crippen molar-refractivity contribution in [1.29, 1.82) is 0 Å². The van der Waals surface area contributed by atoms with Crippen LogP contribution >= 0.6 is 0 Å². The zero-order valence-electron chi connectivity index (χ0n) is 18.2. The maximum atomic E-state index is 13.5. The Morgan fingerprint density at radius 1 is 1.10 bits per heavy atom. The van der Waals surface area contributed by atoms with Gasteiger partial charge in [0.1, 0.15) is 5.75 Å². The minimum atomic E-state index is -3.16. The van der Waals surface area contributed by atoms with E-state index in [1.54, 1.807) is 43.4 Å². The summed E-state index contributed by atoms with van der Waals surface area (Å²) in [6.07, 6.45) is 1.29. The Hall–Kier alpha value is -2.74. The van der Waals surface area contributed by atoms with Gasteiger partial charge in [-0.05, 0) is 48.7 Å². The van der Waals surface area contributed by atoms with Gasteiger partial charge in [0.05, 0.1) is 32.3 Å². The molecule has 0 aliphatic carbocycles. The molecule has 8 heteroatoms. The van der Waals surface area contributed by atoms with E-state index < -0.39 is 9.84 Å². The van der Waals surface area contributed by atoms with E-state index in [-0.39, 0.29) is 30.0 Å². The molecule has 1 amide bonds. The quantitative estimate of drug-likeness (QED) is 0.587. The van der Waals surface area contributed by atoms with Crippen LogP contribution in [0.15, 0.2) is 42.5 Å². The van der Waals surface area contributed by atoms with Crippen LogP contribution in [0.1, 0.15) is 35.7 Å². The summed E-state index contributed by atoms with van der Waals surface area (Å²) in [5.41, 5.74) is 1.30. The number of sulfone groups is 1. The Morgan fingerprint density at radius 3 is 2.52 bits per heavy atom. The SMILES string of the molecule is CCCOc1cccc(C(=O)N(Cc2ccc(OC)c(OC)c2)[C@H]2CCS(=O)(=O)C2)c1. The third kappa shape index (κ3) is 5.70. The van der Waals surface area contributed by atoms with Gasteiger partial charge in [-0.1, -0.05) is 19.1 Å². The summed E-state index contributed by atoms with van der Waals surface area (Å²) in [6, 6.07) is 12.1. The minimum Gasteiger partial charge on any atom is -0.494 e. The number of methoxy groups -OCH3 is 2. The van der Waals surface area contributed by atoms with Gasteiger partial charge in [-0.15, -0.1) is 0 Å². The van der Waals surface area contributed by atoms with Gasteiger partial charge < -0.3 is 19.1 Å². The van der Waals surface area contributed by atoms with Gasteiger partial charge in [-0.3, -0.25) is 4.79 Å². The van der Waals surface area contributed by atoms with E-state index in [0.29, 0.717) is 35.8 Å². The van der Waals surface area contributed by atoms with E-state index in [9.17, 15) is 13.2 Å². The van der Waals surface area contributed by atoms with E-state index in [4.69, 9.17) is 14.2 Å². The average molecular weight is 448 g/mol. The molecule has 2 aromatic rings. The highest BCUT2D eigenvalue weighted by Crippen LogP contribution is 2.30. The zero-order chi connectivity index (χ0) is 22.4. The Bertz CT molecular complexity index is 1020. The van der Waals surface area contributed by atoms with E-state index in [0.717, 1.165) is 12.0 Å². The summed E-state index contributed by atoms with van der Waals surface area (Å²) in [5, 5.41) is 0. The van der Waals surface area contributed by atoms with Gasteiger partial charge in [0, 0.05) is 18.2 Å². The fourth-order valence-electron chi connectivity index (χ4n) is 3.67. The van der Waals surface area contributed by atoms with Gasteiger partial charge in [-0.2, -0.15) is 0 Å². The maximum absolute atomic E-state index is 13.5. The number of rotatable bonds is 9. The Morgan fingerprint density at radius 2 is 1.87 bits per heavy atom. The van der Waals surface area contributed by atoms with Gasteiger partial charge in [0.25, 0.3) is 5.91 Å². The molecule has 1 atom stereocenters. The number of nitrogens with zero attached hydrogens (tertiary/aromatic N) is 1. The lowest BCUT2D eigenvalue weighted by Gasteiger charge is -2.29. The molecule has 1 fully saturated rings. The zero-order valence-corrected chi connectivity index (χ0v) is 19.0. The Labute approximate surface area is 183 Å². The van der Waals surface area contributed by atoms with Gasteiger partial charge >= 0.3 is 0 Å². The molecule has 0 spiro atoms. The lowest BCUT2D eigenvalue weighted by atomic mass is 10.1. The summed E-state index contributed by atoms with van der Waals surface area (Å²) in [6.45, 7) is 2.84. The second-order valence-electron chi connectivity index (χ2n) is 7.56. The average Bonchev–Trinajstić information content (AvgIpc) is 3.14. The Balaban J connectivity index is 1.91. The highest BCUT2D eigenvalue weighted by atomic mass is 32.2. The van der Waals surface area contributed by atoms with Gasteiger partial charge in [-0.25, -0.2) is 8.42 Å². The molecule has 0 radical (unpaired) electrons.